The van der Waals surface area contributed by atoms with Crippen LogP contribution in [0.1, 0.15) is 115 Å². The maximum absolute atomic E-state index is 13.4. The molecule has 0 saturated carbocycles. The monoisotopic (exact) mass is 577 g/mol. The molecule has 0 aliphatic heterocycles. The lowest BCUT2D eigenvalue weighted by atomic mass is 10.00. The van der Waals surface area contributed by atoms with Crippen molar-refractivity contribution in [1.29, 1.82) is 0 Å². The Morgan fingerprint density at radius 2 is 1.28 bits per heavy atom. The van der Waals surface area contributed by atoms with Crippen molar-refractivity contribution < 1.29 is 14.3 Å². The van der Waals surface area contributed by atoms with Gasteiger partial charge in [-0.15, -0.1) is 0 Å². The topological polar surface area (TPSA) is 56.3 Å². The molecule has 226 valence electrons. The van der Waals surface area contributed by atoms with Crippen molar-refractivity contribution in [3.05, 3.63) is 101 Å². The number of carbonyl (C=O) groups excluding carboxylic acids is 2. The maximum Gasteiger partial charge on any atom is 0.339 e. The minimum absolute atomic E-state index is 0.206. The van der Waals surface area contributed by atoms with Gasteiger partial charge in [0.15, 0.2) is 12.4 Å². The van der Waals surface area contributed by atoms with Crippen LogP contribution in [0.15, 0.2) is 72.8 Å². The first-order chi connectivity index (χ1) is 21.0. The summed E-state index contributed by atoms with van der Waals surface area (Å²) in [7, 11) is 0. The number of carbonyl (C=O) groups is 2. The van der Waals surface area contributed by atoms with E-state index < -0.39 is 5.97 Å². The molecule has 0 amide bonds. The highest BCUT2D eigenvalue weighted by molar-refractivity contribution is 6.06. The molecule has 4 aromatic rings. The van der Waals surface area contributed by atoms with Gasteiger partial charge in [0.25, 0.3) is 0 Å². The van der Waals surface area contributed by atoms with E-state index in [1.807, 2.05) is 49.4 Å². The van der Waals surface area contributed by atoms with Gasteiger partial charge in [0.1, 0.15) is 0 Å². The summed E-state index contributed by atoms with van der Waals surface area (Å²) in [6.45, 7) is 6.16. The number of Topliss-reactive ketones (excluding diaryl/α,β-unsaturated/α-hetero) is 1. The first-order valence-corrected chi connectivity index (χ1v) is 16.3. The number of aromatic nitrogens is 1. The summed E-state index contributed by atoms with van der Waals surface area (Å²) in [5.74, 6) is -0.720. The zero-order chi connectivity index (χ0) is 30.4. The number of unbranched alkanes of at least 4 members (excludes halogenated alkanes) is 8. The molecule has 0 unspecified atom stereocenters. The number of fused-ring (bicyclic) bond motifs is 1. The fraction of sp³-hybridized carbons (Fsp3) is 0.410. The van der Waals surface area contributed by atoms with Crippen LogP contribution in [0.3, 0.4) is 0 Å². The number of nitrogens with zero attached hydrogens (tertiary/aromatic N) is 1. The van der Waals surface area contributed by atoms with Crippen LogP contribution in [-0.2, 0) is 17.6 Å². The van der Waals surface area contributed by atoms with Crippen molar-refractivity contribution in [2.45, 2.75) is 97.8 Å². The number of ketones is 1. The van der Waals surface area contributed by atoms with Gasteiger partial charge in [-0.3, -0.25) is 4.79 Å². The highest BCUT2D eigenvalue weighted by atomic mass is 16.5. The predicted octanol–water partition coefficient (Wildman–Crippen LogP) is 10.3. The number of ether oxygens (including phenoxy) is 1. The molecule has 43 heavy (non-hydrogen) atoms. The third kappa shape index (κ3) is 9.35. The number of hydrogen-bond acceptors (Lipinski definition) is 4. The molecule has 0 saturated heterocycles. The van der Waals surface area contributed by atoms with Crippen LogP contribution in [0.5, 0.6) is 0 Å². The Labute approximate surface area is 257 Å². The van der Waals surface area contributed by atoms with Crippen molar-refractivity contribution in [2.75, 3.05) is 6.61 Å². The largest absolute Gasteiger partial charge is 0.454 e. The first-order valence-electron chi connectivity index (χ1n) is 16.3. The van der Waals surface area contributed by atoms with Gasteiger partial charge in [-0.2, -0.15) is 0 Å². The second-order valence-electron chi connectivity index (χ2n) is 11.7. The zero-order valence-electron chi connectivity index (χ0n) is 26.3. The molecule has 4 rings (SSSR count). The van der Waals surface area contributed by atoms with Crippen LogP contribution in [0.25, 0.3) is 22.2 Å². The summed E-state index contributed by atoms with van der Waals surface area (Å²) in [6, 6.07) is 23.8. The molecule has 0 aliphatic carbocycles. The lowest BCUT2D eigenvalue weighted by Crippen LogP contribution is -2.15. The second kappa shape index (κ2) is 16.7. The molecule has 3 aromatic carbocycles. The molecular formula is C39H47NO3. The van der Waals surface area contributed by atoms with Crippen LogP contribution in [0.4, 0.5) is 0 Å². The van der Waals surface area contributed by atoms with Crippen LogP contribution in [-0.4, -0.2) is 23.3 Å². The molecule has 4 nitrogen and oxygen atoms in total. The van der Waals surface area contributed by atoms with Crippen LogP contribution >= 0.6 is 0 Å². The van der Waals surface area contributed by atoms with Crippen LogP contribution in [0, 0.1) is 6.92 Å². The normalized spacial score (nSPS) is 11.1. The van der Waals surface area contributed by atoms with Crippen molar-refractivity contribution in [2.24, 2.45) is 0 Å². The number of aryl methyl sites for hydroxylation is 3. The molecule has 0 aliphatic rings. The Morgan fingerprint density at radius 3 is 1.88 bits per heavy atom. The van der Waals surface area contributed by atoms with Gasteiger partial charge in [0.05, 0.1) is 16.8 Å². The summed E-state index contributed by atoms with van der Waals surface area (Å²) in [5.41, 5.74) is 6.96. The molecule has 1 aromatic heterocycles. The fourth-order valence-electron chi connectivity index (χ4n) is 5.57. The molecule has 0 N–H and O–H groups in total. The summed E-state index contributed by atoms with van der Waals surface area (Å²) in [6.07, 6.45) is 14.6. The van der Waals surface area contributed by atoms with E-state index in [9.17, 15) is 9.59 Å². The summed E-state index contributed by atoms with van der Waals surface area (Å²) < 4.78 is 5.59. The number of esters is 1. The molecule has 0 bridgehead atoms. The van der Waals surface area contributed by atoms with Gasteiger partial charge in [-0.05, 0) is 55.4 Å². The van der Waals surface area contributed by atoms with Crippen molar-refractivity contribution >= 4 is 22.7 Å². The van der Waals surface area contributed by atoms with Gasteiger partial charge in [0.2, 0.25) is 0 Å². The second-order valence-corrected chi connectivity index (χ2v) is 11.7. The minimum Gasteiger partial charge on any atom is -0.454 e. The van der Waals surface area contributed by atoms with E-state index in [-0.39, 0.29) is 12.4 Å². The molecule has 4 heteroatoms. The standard InChI is InChI=1S/C39H47NO3/c1-4-6-8-10-12-16-30-19-23-32(24-20-30)36-27-35(34-18-14-15-29(3)38(34)40-36)39(42)43-28-37(41)33-25-21-31(22-26-33)17-13-11-9-7-5-2/h14-15,18-27H,4-13,16-17,28H2,1-3H3. The van der Waals surface area contributed by atoms with E-state index in [1.165, 1.54) is 68.9 Å². The molecule has 0 spiro atoms. The lowest BCUT2D eigenvalue weighted by Gasteiger charge is -2.12. The smallest absolute Gasteiger partial charge is 0.339 e. The molecule has 0 fully saturated rings. The average molecular weight is 578 g/mol. The van der Waals surface area contributed by atoms with Gasteiger partial charge in [0, 0.05) is 16.5 Å². The Bertz CT molecular complexity index is 1470. The number of benzene rings is 3. The Kier molecular flexibility index (Phi) is 12.5. The zero-order valence-corrected chi connectivity index (χ0v) is 26.3. The SMILES string of the molecule is CCCCCCCc1ccc(C(=O)COC(=O)c2cc(-c3ccc(CCCCCCC)cc3)nc3c(C)cccc23)cc1. The minimum atomic E-state index is -0.514. The van der Waals surface area contributed by atoms with Gasteiger partial charge in [-0.25, -0.2) is 9.78 Å². The fourth-order valence-corrected chi connectivity index (χ4v) is 5.57. The predicted molar refractivity (Wildman–Crippen MR) is 178 cm³/mol. The van der Waals surface area contributed by atoms with Crippen molar-refractivity contribution in [3.63, 3.8) is 0 Å². The van der Waals surface area contributed by atoms with E-state index in [0.29, 0.717) is 11.1 Å². The van der Waals surface area contributed by atoms with E-state index in [4.69, 9.17) is 9.72 Å². The number of hydrogen-bond donors (Lipinski definition) is 0. The third-order valence-electron chi connectivity index (χ3n) is 8.26. The van der Waals surface area contributed by atoms with Gasteiger partial charge in [-0.1, -0.05) is 132 Å². The number of pyridine rings is 1. The molecular weight excluding hydrogens is 530 g/mol. The van der Waals surface area contributed by atoms with E-state index in [0.717, 1.165) is 47.0 Å². The highest BCUT2D eigenvalue weighted by Crippen LogP contribution is 2.28. The van der Waals surface area contributed by atoms with Crippen molar-refractivity contribution in [3.8, 4) is 11.3 Å². The van der Waals surface area contributed by atoms with Crippen LogP contribution < -0.4 is 0 Å². The van der Waals surface area contributed by atoms with Gasteiger partial charge < -0.3 is 4.74 Å². The van der Waals surface area contributed by atoms with E-state index >= 15 is 0 Å². The first kappa shape index (κ1) is 32.1. The number of rotatable bonds is 17. The average Bonchev–Trinajstić information content (AvgIpc) is 3.03. The quantitative estimate of drug-likeness (QED) is 0.0711. The Morgan fingerprint density at radius 1 is 0.698 bits per heavy atom. The maximum atomic E-state index is 13.4. The number of para-hydroxylation sites is 1. The Hall–Kier alpha value is -3.79. The third-order valence-corrected chi connectivity index (χ3v) is 8.26. The van der Waals surface area contributed by atoms with E-state index in [1.54, 1.807) is 6.07 Å². The molecule has 0 atom stereocenters. The summed E-state index contributed by atoms with van der Waals surface area (Å²) in [4.78, 5) is 31.2. The van der Waals surface area contributed by atoms with Crippen LogP contribution in [0.2, 0.25) is 0 Å². The van der Waals surface area contributed by atoms with E-state index in [2.05, 4.69) is 38.1 Å². The molecule has 1 heterocycles. The molecule has 0 radical (unpaired) electrons. The highest BCUT2D eigenvalue weighted by Gasteiger charge is 2.18. The Balaban J connectivity index is 1.43. The summed E-state index contributed by atoms with van der Waals surface area (Å²) in [5, 5.41) is 0.730. The van der Waals surface area contributed by atoms with Crippen molar-refractivity contribution in [1.82, 2.24) is 4.98 Å². The summed E-state index contributed by atoms with van der Waals surface area (Å²) >= 11 is 0. The van der Waals surface area contributed by atoms with Gasteiger partial charge >= 0.3 is 5.97 Å². The lowest BCUT2D eigenvalue weighted by molar-refractivity contribution is 0.0476.